The summed E-state index contributed by atoms with van der Waals surface area (Å²) < 4.78 is 7.37. The molecule has 2 aliphatic rings. The summed E-state index contributed by atoms with van der Waals surface area (Å²) in [5, 5.41) is 0. The minimum atomic E-state index is -0.322. The van der Waals surface area contributed by atoms with Crippen molar-refractivity contribution in [1.29, 1.82) is 0 Å². The van der Waals surface area contributed by atoms with Crippen molar-refractivity contribution in [3.8, 4) is 0 Å². The number of anilines is 1. The van der Waals surface area contributed by atoms with Gasteiger partial charge in [0.1, 0.15) is 18.6 Å². The Morgan fingerprint density at radius 1 is 1.10 bits per heavy atom. The summed E-state index contributed by atoms with van der Waals surface area (Å²) in [4.78, 5) is 27.3. The smallest absolute Gasteiger partial charge is 0.410 e. The lowest BCUT2D eigenvalue weighted by Gasteiger charge is -2.31. The highest BCUT2D eigenvalue weighted by Crippen LogP contribution is 2.30. The molecule has 1 fully saturated rings. The molecule has 1 aromatic carbocycles. The van der Waals surface area contributed by atoms with Gasteiger partial charge in [-0.1, -0.05) is 6.08 Å². The minimum Gasteiger partial charge on any atom is -0.410 e. The van der Waals surface area contributed by atoms with E-state index in [1.165, 1.54) is 0 Å². The van der Waals surface area contributed by atoms with Crippen LogP contribution in [0.1, 0.15) is 17.5 Å². The van der Waals surface area contributed by atoms with Crippen LogP contribution >= 0.6 is 0 Å². The molecule has 0 aromatic heterocycles. The Hall–Kier alpha value is -2.84. The third-order valence-electron chi connectivity index (χ3n) is 5.37. The number of allylic oxidation sites excluding steroid dienone is 3. The zero-order valence-electron chi connectivity index (χ0n) is 18.4. The molecule has 0 unspecified atom stereocenters. The molecule has 3 rings (SSSR count). The number of hydrogen-bond donors (Lipinski definition) is 1. The van der Waals surface area contributed by atoms with Gasteiger partial charge in [0.05, 0.1) is 19.6 Å². The third-order valence-corrected chi connectivity index (χ3v) is 5.37. The molecule has 0 spiro atoms. The highest BCUT2D eigenvalue weighted by atomic mass is 16.7. The Balaban J connectivity index is 1.87. The molecular formula is C22H31N4O4+. The van der Waals surface area contributed by atoms with E-state index in [4.69, 9.17) is 14.4 Å². The van der Waals surface area contributed by atoms with E-state index in [-0.39, 0.29) is 6.09 Å². The van der Waals surface area contributed by atoms with Crippen LogP contribution in [0.4, 0.5) is 16.2 Å². The van der Waals surface area contributed by atoms with E-state index in [1.54, 1.807) is 23.9 Å². The summed E-state index contributed by atoms with van der Waals surface area (Å²) in [5.41, 5.74) is 7.64. The van der Waals surface area contributed by atoms with Gasteiger partial charge < -0.3 is 14.5 Å². The number of nitrogens with zero attached hydrogens (tertiary/aromatic N) is 3. The predicted molar refractivity (Wildman–Crippen MR) is 116 cm³/mol. The number of hydrogen-bond acceptors (Lipinski definition) is 6. The molecular weight excluding hydrogens is 384 g/mol. The summed E-state index contributed by atoms with van der Waals surface area (Å²) >= 11 is 0. The van der Waals surface area contributed by atoms with E-state index in [9.17, 15) is 4.79 Å². The van der Waals surface area contributed by atoms with Gasteiger partial charge in [-0.2, -0.15) is 0 Å². The first-order valence-corrected chi connectivity index (χ1v) is 10.1. The maximum Gasteiger partial charge on any atom is 0.415 e. The topological polar surface area (TPSA) is 66.3 Å². The summed E-state index contributed by atoms with van der Waals surface area (Å²) in [6, 6.07) is 4.05. The number of rotatable bonds is 5. The fourth-order valence-corrected chi connectivity index (χ4v) is 3.46. The number of likely N-dealkylation sites (N-methyl/N-ethyl adjacent to an activating group) is 1. The average molecular weight is 416 g/mol. The molecule has 0 bridgehead atoms. The molecule has 8 nitrogen and oxygen atoms in total. The van der Waals surface area contributed by atoms with Crippen molar-refractivity contribution in [3.05, 3.63) is 47.2 Å². The lowest BCUT2D eigenvalue weighted by Crippen LogP contribution is -2.47. The third kappa shape index (κ3) is 5.01. The van der Waals surface area contributed by atoms with Crippen LogP contribution in [-0.2, 0) is 14.4 Å². The maximum absolute atomic E-state index is 12.5. The van der Waals surface area contributed by atoms with Crippen molar-refractivity contribution < 1.29 is 23.9 Å². The van der Waals surface area contributed by atoms with Gasteiger partial charge in [0.2, 0.25) is 5.71 Å². The average Bonchev–Trinajstić information content (AvgIpc) is 2.73. The SMILES string of the molecule is CONc1cc(C)c(C)cc1/[N+](OC)=C1/C=C(OC(=O)N2CCN(C)CC2)C=CC1. The van der Waals surface area contributed by atoms with Gasteiger partial charge in [-0.3, -0.25) is 15.2 Å². The van der Waals surface area contributed by atoms with Gasteiger partial charge in [-0.15, -0.1) is 0 Å². The van der Waals surface area contributed by atoms with E-state index in [2.05, 4.69) is 17.4 Å². The van der Waals surface area contributed by atoms with Crippen molar-refractivity contribution in [3.63, 3.8) is 0 Å². The number of nitrogens with one attached hydrogen (secondary N) is 1. The fraction of sp³-hybridized carbons (Fsp3) is 0.455. The molecule has 162 valence electrons. The van der Waals surface area contributed by atoms with E-state index >= 15 is 0 Å². The number of ether oxygens (including phenoxy) is 1. The number of benzene rings is 1. The largest absolute Gasteiger partial charge is 0.415 e. The predicted octanol–water partition coefficient (Wildman–Crippen LogP) is 3.15. The number of carbonyl (C=O) groups excluding carboxylic acids is 1. The second-order valence-electron chi connectivity index (χ2n) is 7.54. The maximum atomic E-state index is 12.5. The van der Waals surface area contributed by atoms with Crippen LogP contribution in [0.15, 0.2) is 36.1 Å². The summed E-state index contributed by atoms with van der Waals surface area (Å²) in [5.74, 6) is 0.493. The lowest BCUT2D eigenvalue weighted by molar-refractivity contribution is -0.720. The normalized spacial score (nSPS) is 18.7. The van der Waals surface area contributed by atoms with Crippen molar-refractivity contribution in [1.82, 2.24) is 9.80 Å². The van der Waals surface area contributed by atoms with Crippen LogP contribution in [0.3, 0.4) is 0 Å². The number of piperazine rings is 1. The Labute approximate surface area is 177 Å². The highest BCUT2D eigenvalue weighted by Gasteiger charge is 2.26. The zero-order valence-corrected chi connectivity index (χ0v) is 18.4. The first-order chi connectivity index (χ1) is 14.4. The van der Waals surface area contributed by atoms with Gasteiger partial charge in [-0.05, 0) is 44.2 Å². The first-order valence-electron chi connectivity index (χ1n) is 10.1. The van der Waals surface area contributed by atoms with Crippen LogP contribution in [-0.4, -0.2) is 73.8 Å². The molecule has 1 heterocycles. The summed E-state index contributed by atoms with van der Waals surface area (Å²) in [6.07, 6.45) is 5.93. The second-order valence-corrected chi connectivity index (χ2v) is 7.54. The molecule has 1 N–H and O–H groups in total. The minimum absolute atomic E-state index is 0.322. The van der Waals surface area contributed by atoms with Gasteiger partial charge in [0, 0.05) is 37.0 Å². The molecule has 30 heavy (non-hydrogen) atoms. The molecule has 8 heteroatoms. The molecule has 1 saturated heterocycles. The molecule has 1 aliphatic heterocycles. The standard InChI is InChI=1S/C22H31N4O4/c1-16-13-20(23-28-4)21(14-17(16)2)26(29-5)18-7-6-8-19(15-18)30-22(27)25-11-9-24(3)10-12-25/h6,8,13-15,23H,7,9-12H2,1-5H3/q+1/b26-18-. The Kier molecular flexibility index (Phi) is 7.12. The van der Waals surface area contributed by atoms with Gasteiger partial charge in [0.15, 0.2) is 0 Å². The van der Waals surface area contributed by atoms with Crippen LogP contribution in [0.2, 0.25) is 0 Å². The van der Waals surface area contributed by atoms with Crippen LogP contribution in [0, 0.1) is 13.8 Å². The fourth-order valence-electron chi connectivity index (χ4n) is 3.46. The van der Waals surface area contributed by atoms with Crippen molar-refractivity contribution >= 4 is 23.2 Å². The van der Waals surface area contributed by atoms with E-state index in [1.807, 2.05) is 44.2 Å². The molecule has 1 amide bonds. The number of amides is 1. The lowest BCUT2D eigenvalue weighted by atomic mass is 10.1. The monoisotopic (exact) mass is 415 g/mol. The quantitative estimate of drug-likeness (QED) is 0.589. The molecule has 0 saturated carbocycles. The first kappa shape index (κ1) is 21.9. The Morgan fingerprint density at radius 3 is 2.47 bits per heavy atom. The highest BCUT2D eigenvalue weighted by molar-refractivity contribution is 5.95. The van der Waals surface area contributed by atoms with Crippen molar-refractivity contribution in [2.75, 3.05) is 52.9 Å². The Morgan fingerprint density at radius 2 is 1.80 bits per heavy atom. The van der Waals surface area contributed by atoms with Crippen molar-refractivity contribution in [2.45, 2.75) is 20.3 Å². The van der Waals surface area contributed by atoms with E-state index < -0.39 is 0 Å². The van der Waals surface area contributed by atoms with Crippen molar-refractivity contribution in [2.24, 2.45) is 0 Å². The van der Waals surface area contributed by atoms with Crippen LogP contribution in [0.25, 0.3) is 0 Å². The Bertz CT molecular complexity index is 883. The molecule has 1 aromatic rings. The van der Waals surface area contributed by atoms with E-state index in [0.717, 1.165) is 41.3 Å². The van der Waals surface area contributed by atoms with Gasteiger partial charge in [-0.25, -0.2) is 4.79 Å². The summed E-state index contributed by atoms with van der Waals surface area (Å²) in [7, 11) is 5.23. The second kappa shape index (κ2) is 9.77. The molecule has 0 atom stereocenters. The van der Waals surface area contributed by atoms with Gasteiger partial charge in [0.25, 0.3) is 5.69 Å². The number of aryl methyl sites for hydroxylation is 2. The summed E-state index contributed by atoms with van der Waals surface area (Å²) in [6.45, 7) is 7.13. The van der Waals surface area contributed by atoms with Gasteiger partial charge >= 0.3 is 6.09 Å². The van der Waals surface area contributed by atoms with Crippen LogP contribution < -0.4 is 5.48 Å². The number of carbonyl (C=O) groups is 1. The van der Waals surface area contributed by atoms with Crippen LogP contribution in [0.5, 0.6) is 0 Å². The molecule has 1 aliphatic carbocycles. The zero-order chi connectivity index (χ0) is 21.7. The van der Waals surface area contributed by atoms with E-state index in [0.29, 0.717) is 25.3 Å². The molecule has 0 radical (unpaired) electrons.